The van der Waals surface area contributed by atoms with Gasteiger partial charge in [0.1, 0.15) is 11.5 Å². The summed E-state index contributed by atoms with van der Waals surface area (Å²) in [6, 6.07) is 6.01. The van der Waals surface area contributed by atoms with E-state index >= 15 is 0 Å². The predicted molar refractivity (Wildman–Crippen MR) is 112 cm³/mol. The third-order valence-corrected chi connectivity index (χ3v) is 5.50. The number of ether oxygens (including phenoxy) is 3. The Labute approximate surface area is 175 Å². The summed E-state index contributed by atoms with van der Waals surface area (Å²) in [6.07, 6.45) is 0. The number of anilines is 3. The summed E-state index contributed by atoms with van der Waals surface area (Å²) in [5.74, 6) is 2.90. The topological polar surface area (TPSA) is 89.0 Å². The maximum Gasteiger partial charge on any atom is 0.230 e. The van der Waals surface area contributed by atoms with E-state index in [1.165, 1.54) is 0 Å². The van der Waals surface area contributed by atoms with Crippen LogP contribution in [-0.2, 0) is 14.2 Å². The maximum absolute atomic E-state index is 5.50. The van der Waals surface area contributed by atoms with Crippen LogP contribution in [0.15, 0.2) is 18.2 Å². The summed E-state index contributed by atoms with van der Waals surface area (Å²) in [7, 11) is 0. The lowest BCUT2D eigenvalue weighted by Gasteiger charge is -2.30. The maximum atomic E-state index is 5.50. The molecule has 0 spiro atoms. The van der Waals surface area contributed by atoms with Crippen molar-refractivity contribution in [1.29, 1.82) is 0 Å². The minimum absolute atomic E-state index is 0.600. The van der Waals surface area contributed by atoms with Gasteiger partial charge in [-0.05, 0) is 12.1 Å². The number of aromatic nitrogens is 4. The molecule has 0 saturated carbocycles. The van der Waals surface area contributed by atoms with E-state index < -0.39 is 0 Å². The SMILES string of the molecule is c1cc(-c2nc(N3CCOCC3)nc(N3CCOCC3)n2)nc(N2CCOCC2)c1. The van der Waals surface area contributed by atoms with Gasteiger partial charge in [0.15, 0.2) is 5.82 Å². The molecule has 3 saturated heterocycles. The van der Waals surface area contributed by atoms with Crippen molar-refractivity contribution in [3.05, 3.63) is 18.2 Å². The lowest BCUT2D eigenvalue weighted by Crippen LogP contribution is -2.40. The van der Waals surface area contributed by atoms with Crippen molar-refractivity contribution in [2.75, 3.05) is 93.6 Å². The average Bonchev–Trinajstić information content (AvgIpc) is 2.85. The molecular weight excluding hydrogens is 386 g/mol. The van der Waals surface area contributed by atoms with Gasteiger partial charge in [-0.3, -0.25) is 0 Å². The number of rotatable bonds is 4. The van der Waals surface area contributed by atoms with Crippen LogP contribution in [0.5, 0.6) is 0 Å². The van der Waals surface area contributed by atoms with Gasteiger partial charge in [-0.25, -0.2) is 4.98 Å². The number of pyridine rings is 1. The summed E-state index contributed by atoms with van der Waals surface area (Å²) in [6.45, 7) is 8.92. The molecule has 2 aromatic heterocycles. The summed E-state index contributed by atoms with van der Waals surface area (Å²) in [4.78, 5) is 25.8. The molecule has 30 heavy (non-hydrogen) atoms. The molecule has 3 aliphatic rings. The van der Waals surface area contributed by atoms with Gasteiger partial charge in [0.2, 0.25) is 11.9 Å². The van der Waals surface area contributed by atoms with Crippen molar-refractivity contribution in [1.82, 2.24) is 19.9 Å². The van der Waals surface area contributed by atoms with E-state index in [1.807, 2.05) is 18.2 Å². The van der Waals surface area contributed by atoms with Crippen LogP contribution in [0.4, 0.5) is 17.7 Å². The Kier molecular flexibility index (Phi) is 5.87. The second kappa shape index (κ2) is 9.07. The first-order valence-corrected chi connectivity index (χ1v) is 10.6. The van der Waals surface area contributed by atoms with Crippen molar-refractivity contribution in [3.8, 4) is 11.5 Å². The van der Waals surface area contributed by atoms with E-state index in [1.54, 1.807) is 0 Å². The second-order valence-electron chi connectivity index (χ2n) is 7.44. The standard InChI is InChI=1S/C20H27N7O3/c1-2-16(21-17(3-1)25-4-10-28-11-5-25)18-22-19(26-6-12-29-13-7-26)24-20(23-18)27-8-14-30-15-9-27/h1-3H,4-15H2. The fourth-order valence-electron chi connectivity index (χ4n) is 3.79. The molecule has 5 rings (SSSR count). The molecule has 0 aliphatic carbocycles. The molecule has 5 heterocycles. The van der Waals surface area contributed by atoms with Crippen molar-refractivity contribution >= 4 is 17.7 Å². The largest absolute Gasteiger partial charge is 0.378 e. The Morgan fingerprint density at radius 2 is 1.07 bits per heavy atom. The van der Waals surface area contributed by atoms with Crippen LogP contribution in [0.25, 0.3) is 11.5 Å². The van der Waals surface area contributed by atoms with E-state index in [4.69, 9.17) is 34.1 Å². The Bertz CT molecular complexity index is 814. The number of nitrogens with zero attached hydrogens (tertiary/aromatic N) is 7. The van der Waals surface area contributed by atoms with Crippen LogP contribution in [0.3, 0.4) is 0 Å². The smallest absolute Gasteiger partial charge is 0.230 e. The zero-order chi connectivity index (χ0) is 20.2. The third kappa shape index (κ3) is 4.30. The zero-order valence-electron chi connectivity index (χ0n) is 17.1. The van der Waals surface area contributed by atoms with Gasteiger partial charge in [-0.15, -0.1) is 0 Å². The van der Waals surface area contributed by atoms with Crippen LogP contribution in [0.2, 0.25) is 0 Å². The first-order valence-electron chi connectivity index (χ1n) is 10.6. The van der Waals surface area contributed by atoms with E-state index in [2.05, 4.69) is 14.7 Å². The Morgan fingerprint density at radius 1 is 0.567 bits per heavy atom. The van der Waals surface area contributed by atoms with Gasteiger partial charge in [0.25, 0.3) is 0 Å². The van der Waals surface area contributed by atoms with Gasteiger partial charge in [0, 0.05) is 39.3 Å². The Hall–Kier alpha value is -2.56. The minimum atomic E-state index is 0.600. The molecule has 2 aromatic rings. The fourth-order valence-corrected chi connectivity index (χ4v) is 3.79. The molecule has 3 aliphatic heterocycles. The summed E-state index contributed by atoms with van der Waals surface area (Å²) in [5.41, 5.74) is 0.755. The molecule has 0 amide bonds. The number of morpholine rings is 3. The highest BCUT2D eigenvalue weighted by Gasteiger charge is 2.22. The van der Waals surface area contributed by atoms with Crippen molar-refractivity contribution in [3.63, 3.8) is 0 Å². The van der Waals surface area contributed by atoms with Crippen LogP contribution in [0, 0.1) is 0 Å². The highest BCUT2D eigenvalue weighted by molar-refractivity contribution is 5.58. The molecule has 0 bridgehead atoms. The van der Waals surface area contributed by atoms with E-state index in [0.717, 1.165) is 64.0 Å². The first kappa shape index (κ1) is 19.4. The fraction of sp³-hybridized carbons (Fsp3) is 0.600. The van der Waals surface area contributed by atoms with Gasteiger partial charge >= 0.3 is 0 Å². The summed E-state index contributed by atoms with van der Waals surface area (Å²) >= 11 is 0. The van der Waals surface area contributed by atoms with Crippen molar-refractivity contribution in [2.24, 2.45) is 0 Å². The average molecular weight is 413 g/mol. The van der Waals surface area contributed by atoms with Crippen LogP contribution >= 0.6 is 0 Å². The van der Waals surface area contributed by atoms with Crippen LogP contribution in [-0.4, -0.2) is 98.8 Å². The molecule has 160 valence electrons. The van der Waals surface area contributed by atoms with E-state index in [-0.39, 0.29) is 0 Å². The highest BCUT2D eigenvalue weighted by Crippen LogP contribution is 2.23. The molecule has 0 unspecified atom stereocenters. The highest BCUT2D eigenvalue weighted by atomic mass is 16.5. The lowest BCUT2D eigenvalue weighted by atomic mass is 10.3. The lowest BCUT2D eigenvalue weighted by molar-refractivity contribution is 0.121. The molecule has 0 aromatic carbocycles. The normalized spacial score (nSPS) is 20.5. The zero-order valence-corrected chi connectivity index (χ0v) is 17.1. The van der Waals surface area contributed by atoms with E-state index in [0.29, 0.717) is 44.1 Å². The molecule has 0 radical (unpaired) electrons. The van der Waals surface area contributed by atoms with Crippen LogP contribution < -0.4 is 14.7 Å². The number of hydrogen-bond acceptors (Lipinski definition) is 10. The van der Waals surface area contributed by atoms with Gasteiger partial charge in [-0.1, -0.05) is 6.07 Å². The van der Waals surface area contributed by atoms with Gasteiger partial charge in [-0.2, -0.15) is 15.0 Å². The van der Waals surface area contributed by atoms with Gasteiger partial charge in [0.05, 0.1) is 39.6 Å². The van der Waals surface area contributed by atoms with Gasteiger partial charge < -0.3 is 28.9 Å². The predicted octanol–water partition coefficient (Wildman–Crippen LogP) is 0.443. The first-order chi connectivity index (χ1) is 14.9. The van der Waals surface area contributed by atoms with Crippen LogP contribution in [0.1, 0.15) is 0 Å². The van der Waals surface area contributed by atoms with Crippen molar-refractivity contribution < 1.29 is 14.2 Å². The molecule has 10 nitrogen and oxygen atoms in total. The Morgan fingerprint density at radius 3 is 1.60 bits per heavy atom. The number of hydrogen-bond donors (Lipinski definition) is 0. The third-order valence-electron chi connectivity index (χ3n) is 5.50. The quantitative estimate of drug-likeness (QED) is 0.703. The Balaban J connectivity index is 1.49. The van der Waals surface area contributed by atoms with Crippen molar-refractivity contribution in [2.45, 2.75) is 0 Å². The van der Waals surface area contributed by atoms with E-state index in [9.17, 15) is 0 Å². The molecule has 0 N–H and O–H groups in total. The second-order valence-corrected chi connectivity index (χ2v) is 7.44. The minimum Gasteiger partial charge on any atom is -0.378 e. The summed E-state index contributed by atoms with van der Waals surface area (Å²) < 4.78 is 16.5. The summed E-state index contributed by atoms with van der Waals surface area (Å²) in [5, 5.41) is 0. The molecule has 3 fully saturated rings. The molecular formula is C20H27N7O3. The molecule has 0 atom stereocenters. The molecule has 10 heteroatoms. The monoisotopic (exact) mass is 413 g/mol.